The van der Waals surface area contributed by atoms with Crippen LogP contribution in [0.5, 0.6) is 23.3 Å². The molecule has 18 nitrogen and oxygen atoms in total. The zero-order valence-corrected chi connectivity index (χ0v) is 44.3. The van der Waals surface area contributed by atoms with Gasteiger partial charge in [0.25, 0.3) is 23.6 Å². The van der Waals surface area contributed by atoms with Crippen LogP contribution in [-0.2, 0) is 33.9 Å². The van der Waals surface area contributed by atoms with E-state index >= 15 is 0 Å². The summed E-state index contributed by atoms with van der Waals surface area (Å²) in [4.78, 5) is 30.3. The number of hydrogen-bond donors (Lipinski definition) is 0. The maximum Gasteiger partial charge on any atom is 0.426 e. The Hall–Kier alpha value is -8.57. The Morgan fingerprint density at radius 3 is 2.00 bits per heavy atom. The van der Waals surface area contributed by atoms with Crippen LogP contribution in [0.4, 0.5) is 46.5 Å². The molecule has 4 aromatic carbocycles. The molecule has 0 aliphatic carbocycles. The fraction of sp³-hybridized carbons (Fsp3) is 0.222. The summed E-state index contributed by atoms with van der Waals surface area (Å²) >= 11 is 1.88. The average molecular weight is 1240 g/mol. The maximum absolute atomic E-state index is 14.8. The fourth-order valence-corrected chi connectivity index (χ4v) is 8.63. The van der Waals surface area contributed by atoms with Crippen LogP contribution in [0.25, 0.3) is 29.2 Å². The van der Waals surface area contributed by atoms with Crippen LogP contribution in [0.3, 0.4) is 0 Å². The highest BCUT2D eigenvalue weighted by atomic mass is 127. The lowest BCUT2D eigenvalue weighted by Gasteiger charge is -2.32. The van der Waals surface area contributed by atoms with E-state index < -0.39 is 117 Å². The third-order valence-electron chi connectivity index (χ3n) is 12.0. The molecule has 1 aliphatic rings. The maximum atomic E-state index is 14.8. The van der Waals surface area contributed by atoms with E-state index in [1.54, 1.807) is 60.7 Å². The van der Waals surface area contributed by atoms with Crippen molar-refractivity contribution in [1.29, 1.82) is 0 Å². The second-order valence-electron chi connectivity index (χ2n) is 17.8. The van der Waals surface area contributed by atoms with Crippen molar-refractivity contribution in [3.8, 4) is 46.4 Å². The largest absolute Gasteiger partial charge is 0.439 e. The van der Waals surface area contributed by atoms with Gasteiger partial charge in [-0.2, -0.15) is 26.3 Å². The van der Waals surface area contributed by atoms with Gasteiger partial charge in [-0.1, -0.05) is 78.9 Å². The zero-order valence-electron chi connectivity index (χ0n) is 42.1. The highest BCUT2D eigenvalue weighted by Crippen LogP contribution is 2.49. The first-order valence-corrected chi connectivity index (χ1v) is 25.0. The van der Waals surface area contributed by atoms with Gasteiger partial charge in [0.1, 0.15) is 23.1 Å². The van der Waals surface area contributed by atoms with Crippen molar-refractivity contribution in [2.45, 2.75) is 76.3 Å². The Balaban J connectivity index is 0.000000212. The Kier molecular flexibility index (Phi) is 17.7. The van der Waals surface area contributed by atoms with E-state index in [2.05, 4.69) is 36.9 Å². The van der Waals surface area contributed by atoms with Gasteiger partial charge in [0, 0.05) is 39.0 Å². The normalized spacial score (nSPS) is 15.0. The molecule has 2 unspecified atom stereocenters. The molecular formula is C54H41F8IN8O10. The van der Waals surface area contributed by atoms with Gasteiger partial charge < -0.3 is 27.8 Å². The van der Waals surface area contributed by atoms with Crippen LogP contribution in [0.2, 0.25) is 0 Å². The number of allylic oxidation sites excluding steroid dienone is 2. The molecule has 9 rings (SSSR count). The molecule has 1 aliphatic heterocycles. The molecule has 0 saturated heterocycles. The molecular weight excluding hydrogens is 1200 g/mol. The summed E-state index contributed by atoms with van der Waals surface area (Å²) in [5.41, 5.74) is -6.78. The van der Waals surface area contributed by atoms with Gasteiger partial charge in [0.05, 0.1) is 23.1 Å². The van der Waals surface area contributed by atoms with E-state index in [4.69, 9.17) is 27.8 Å². The van der Waals surface area contributed by atoms with Crippen molar-refractivity contribution < 1.29 is 72.8 Å². The quantitative estimate of drug-likeness (QED) is 0.0306. The van der Waals surface area contributed by atoms with Gasteiger partial charge in [0.15, 0.2) is 0 Å². The third kappa shape index (κ3) is 13.4. The number of aryl methyl sites for hydroxylation is 2. The molecule has 8 aromatic rings. The molecule has 0 amide bonds. The Morgan fingerprint density at radius 2 is 1.37 bits per heavy atom. The third-order valence-corrected chi connectivity index (χ3v) is 12.7. The Morgan fingerprint density at radius 1 is 0.753 bits per heavy atom. The van der Waals surface area contributed by atoms with E-state index in [0.29, 0.717) is 20.3 Å². The molecule has 2 atom stereocenters. The van der Waals surface area contributed by atoms with Crippen molar-refractivity contribution in [3.63, 3.8) is 0 Å². The molecule has 27 heteroatoms. The zero-order chi connectivity index (χ0) is 58.3. The molecule has 0 saturated carbocycles. The summed E-state index contributed by atoms with van der Waals surface area (Å²) in [5, 5.41) is 38.2. The predicted octanol–water partition coefficient (Wildman–Crippen LogP) is 14.9. The molecule has 6 bridgehead atoms. The van der Waals surface area contributed by atoms with Crippen molar-refractivity contribution in [3.05, 3.63) is 203 Å². The van der Waals surface area contributed by atoms with E-state index in [1.807, 2.05) is 22.6 Å². The SMILES string of the molecule is C=CCCC(OCc1ccccc1)(c1nnc(-c2nc(Oc3cc(F)cc(I)c3)c(C)cc2[N+](=O)[O-])o1)C(F)(F)F.Cc1cc([N+](=O)[O-])c2nc1Oc1cc(F)cc(c1)C=CCCC(OCc1ccccc1)(C(F)(F)F)c1nnc-2o1. The van der Waals surface area contributed by atoms with Crippen molar-refractivity contribution in [2.75, 3.05) is 0 Å². The minimum atomic E-state index is -5.04. The second kappa shape index (κ2) is 24.4. The molecule has 4 aromatic heterocycles. The predicted molar refractivity (Wildman–Crippen MR) is 279 cm³/mol. The number of halogens is 9. The number of rotatable bonds is 15. The Bertz CT molecular complexity index is 3610. The molecule has 0 radical (unpaired) electrons. The van der Waals surface area contributed by atoms with Crippen LogP contribution in [0.15, 0.2) is 137 Å². The molecule has 0 fully saturated rings. The number of fused-ring (bicyclic) bond motifs is 7. The summed E-state index contributed by atoms with van der Waals surface area (Å²) < 4.78 is 150. The molecule has 81 heavy (non-hydrogen) atoms. The average Bonchev–Trinajstić information content (AvgIpc) is 4.11. The molecule has 0 N–H and O–H groups in total. The van der Waals surface area contributed by atoms with Gasteiger partial charge in [-0.15, -0.1) is 27.0 Å². The lowest BCUT2D eigenvalue weighted by molar-refractivity contribution is -0.384. The smallest absolute Gasteiger partial charge is 0.426 e. The number of nitro groups is 2. The van der Waals surface area contributed by atoms with Gasteiger partial charge in [-0.05, 0) is 103 Å². The minimum absolute atomic E-state index is 0.0203. The lowest BCUT2D eigenvalue weighted by Crippen LogP contribution is -2.45. The summed E-state index contributed by atoms with van der Waals surface area (Å²) in [5.74, 6) is -4.76. The summed E-state index contributed by atoms with van der Waals surface area (Å²) in [6.45, 7) is 5.54. The monoisotopic (exact) mass is 1240 g/mol. The number of benzene rings is 4. The number of alkyl halides is 6. The number of nitrogens with zero attached hydrogens (tertiary/aromatic N) is 8. The highest BCUT2D eigenvalue weighted by molar-refractivity contribution is 14.1. The number of hydrogen-bond acceptors (Lipinski definition) is 16. The van der Waals surface area contributed by atoms with E-state index in [-0.39, 0.29) is 47.2 Å². The van der Waals surface area contributed by atoms with Crippen LogP contribution in [-0.4, -0.2) is 52.6 Å². The first kappa shape index (κ1) is 58.6. The van der Waals surface area contributed by atoms with Gasteiger partial charge in [-0.3, -0.25) is 20.2 Å². The first-order chi connectivity index (χ1) is 38.5. The number of aromatic nitrogens is 6. The minimum Gasteiger partial charge on any atom is -0.439 e. The van der Waals surface area contributed by atoms with Crippen molar-refractivity contribution >= 4 is 40.0 Å². The van der Waals surface area contributed by atoms with Crippen LogP contribution in [0.1, 0.15) is 65.3 Å². The van der Waals surface area contributed by atoms with E-state index in [9.17, 15) is 55.4 Å². The highest BCUT2D eigenvalue weighted by Gasteiger charge is 2.62. The van der Waals surface area contributed by atoms with Gasteiger partial charge in [-0.25, -0.2) is 18.7 Å². The van der Waals surface area contributed by atoms with Crippen molar-refractivity contribution in [2.24, 2.45) is 0 Å². The number of ether oxygens (including phenoxy) is 4. The second-order valence-corrected chi connectivity index (χ2v) is 19.0. The van der Waals surface area contributed by atoms with E-state index in [1.165, 1.54) is 56.3 Å². The van der Waals surface area contributed by atoms with Crippen LogP contribution >= 0.6 is 22.6 Å². The topological polar surface area (TPSA) is 227 Å². The van der Waals surface area contributed by atoms with Crippen molar-refractivity contribution in [1.82, 2.24) is 30.4 Å². The Labute approximate surface area is 466 Å². The van der Waals surface area contributed by atoms with Crippen LogP contribution in [0, 0.1) is 49.3 Å². The standard InChI is InChI=1S/C27H21F4IN4O5.C27H20F4N4O5/c1-3-4-10-26(27(29,30)31,39-15-17-8-6-5-7-9-17)25-35-34-24(41-25)22-21(36(37)38)11-16(2)23(33-22)40-20-13-18(28)12-19(32)14-20;1-16-11-21(35(36)37)22-24-33-34-25(40-24)26(27(29,30)31,38-15-17-7-3-2-4-8-17)10-6-5-9-18-12-19(28)14-20(13-18)39-23(16)32-22/h3,5-9,11-14H,1,4,10,15H2,2H3;2-5,7-9,11-14H,6,10,15H2,1H3. The molecule has 0 spiro atoms. The van der Waals surface area contributed by atoms with Gasteiger partial charge in [0.2, 0.25) is 34.3 Å². The van der Waals surface area contributed by atoms with Crippen LogP contribution < -0.4 is 9.47 Å². The summed E-state index contributed by atoms with van der Waals surface area (Å²) in [6.07, 6.45) is -7.56. The molecule has 420 valence electrons. The summed E-state index contributed by atoms with van der Waals surface area (Å²) in [7, 11) is 0. The lowest BCUT2D eigenvalue weighted by atomic mass is 9.95. The van der Waals surface area contributed by atoms with Gasteiger partial charge >= 0.3 is 23.7 Å². The molecule has 5 heterocycles. The summed E-state index contributed by atoms with van der Waals surface area (Å²) in [6, 6.07) is 26.1. The first-order valence-electron chi connectivity index (χ1n) is 23.9. The fourth-order valence-electron chi connectivity index (χ4n) is 8.02. The number of pyridine rings is 2. The van der Waals surface area contributed by atoms with E-state index in [0.717, 1.165) is 24.3 Å².